The summed E-state index contributed by atoms with van der Waals surface area (Å²) >= 11 is 0. The van der Waals surface area contributed by atoms with E-state index in [9.17, 15) is 31.2 Å². The van der Waals surface area contributed by atoms with Crippen LogP contribution in [-0.4, -0.2) is 62.1 Å². The zero-order valence-electron chi connectivity index (χ0n) is 21.8. The molecule has 0 radical (unpaired) electrons. The standard InChI is InChI=1S/C30H27F3N2O5S/c31-30(32,33)25-10-16-28(17-11-25)41(38,39)35-20-18-34(19-21-35)29(37)22-40-27-14-8-24(9-15-27)7-13-26(36)12-6-23-4-2-1-3-5-23/h1-17H,18-22H2. The molecule has 214 valence electrons. The molecule has 0 aromatic heterocycles. The number of alkyl halides is 3. The minimum atomic E-state index is -4.56. The first kappa shape index (κ1) is 29.8. The number of allylic oxidation sites excluding steroid dienone is 2. The van der Waals surface area contributed by atoms with E-state index in [0.717, 1.165) is 39.7 Å². The van der Waals surface area contributed by atoms with Gasteiger partial charge in [-0.25, -0.2) is 8.42 Å². The first-order chi connectivity index (χ1) is 19.5. The molecule has 0 N–H and O–H groups in total. The van der Waals surface area contributed by atoms with Crippen LogP contribution >= 0.6 is 0 Å². The molecule has 0 saturated carbocycles. The van der Waals surface area contributed by atoms with E-state index in [2.05, 4.69) is 0 Å². The normalized spacial score (nSPS) is 15.0. The van der Waals surface area contributed by atoms with Crippen LogP contribution in [0, 0.1) is 0 Å². The number of sulfonamides is 1. The smallest absolute Gasteiger partial charge is 0.416 e. The van der Waals surface area contributed by atoms with Gasteiger partial charge in [-0.15, -0.1) is 0 Å². The summed E-state index contributed by atoms with van der Waals surface area (Å²) in [4.78, 5) is 25.9. The van der Waals surface area contributed by atoms with Crippen molar-refractivity contribution in [1.29, 1.82) is 0 Å². The fourth-order valence-electron chi connectivity index (χ4n) is 4.03. The van der Waals surface area contributed by atoms with E-state index in [1.165, 1.54) is 17.1 Å². The molecule has 3 aromatic carbocycles. The van der Waals surface area contributed by atoms with Crippen molar-refractivity contribution in [2.24, 2.45) is 0 Å². The molecule has 3 aromatic rings. The SMILES string of the molecule is O=C(C=Cc1ccccc1)C=Cc1ccc(OCC(=O)N2CCN(S(=O)(=O)c3ccc(C(F)(F)F)cc3)CC2)cc1. The summed E-state index contributed by atoms with van der Waals surface area (Å²) in [7, 11) is -3.99. The number of carbonyl (C=O) groups excluding carboxylic acids is 2. The summed E-state index contributed by atoms with van der Waals surface area (Å²) in [5.74, 6) is -0.0299. The van der Waals surface area contributed by atoms with Crippen molar-refractivity contribution in [3.05, 3.63) is 108 Å². The number of ketones is 1. The topological polar surface area (TPSA) is 84.0 Å². The van der Waals surface area contributed by atoms with Gasteiger partial charge in [-0.1, -0.05) is 54.6 Å². The Labute approximate surface area is 236 Å². The van der Waals surface area contributed by atoms with Gasteiger partial charge in [0, 0.05) is 26.2 Å². The maximum Gasteiger partial charge on any atom is 0.416 e. The molecule has 0 bridgehead atoms. The lowest BCUT2D eigenvalue weighted by Crippen LogP contribution is -2.51. The average molecular weight is 585 g/mol. The van der Waals surface area contributed by atoms with E-state index in [1.54, 1.807) is 36.4 Å². The second-order valence-corrected chi connectivity index (χ2v) is 11.1. The number of amides is 1. The molecule has 0 spiro atoms. The Kier molecular flexibility index (Phi) is 9.41. The molecule has 11 heteroatoms. The second kappa shape index (κ2) is 13.0. The minimum Gasteiger partial charge on any atom is -0.484 e. The van der Waals surface area contributed by atoms with Gasteiger partial charge in [0.25, 0.3) is 5.91 Å². The van der Waals surface area contributed by atoms with Crippen LogP contribution in [0.4, 0.5) is 13.2 Å². The fraction of sp³-hybridized carbons (Fsp3) is 0.200. The summed E-state index contributed by atoms with van der Waals surface area (Å²) in [6.07, 6.45) is 1.79. The lowest BCUT2D eigenvalue weighted by atomic mass is 10.1. The Morgan fingerprint density at radius 1 is 0.780 bits per heavy atom. The van der Waals surface area contributed by atoms with Crippen LogP contribution in [0.1, 0.15) is 16.7 Å². The highest BCUT2D eigenvalue weighted by Crippen LogP contribution is 2.30. The van der Waals surface area contributed by atoms with E-state index in [4.69, 9.17) is 4.74 Å². The highest BCUT2D eigenvalue weighted by atomic mass is 32.2. The van der Waals surface area contributed by atoms with Gasteiger partial charge in [0.05, 0.1) is 10.5 Å². The zero-order chi connectivity index (χ0) is 29.5. The quantitative estimate of drug-likeness (QED) is 0.334. The van der Waals surface area contributed by atoms with E-state index in [-0.39, 0.29) is 49.4 Å². The van der Waals surface area contributed by atoms with Crippen LogP contribution in [0.2, 0.25) is 0 Å². The molecule has 1 aliphatic rings. The average Bonchev–Trinajstić information content (AvgIpc) is 2.98. The van der Waals surface area contributed by atoms with Gasteiger partial charge in [-0.3, -0.25) is 9.59 Å². The number of rotatable bonds is 9. The second-order valence-electron chi connectivity index (χ2n) is 9.14. The van der Waals surface area contributed by atoms with Gasteiger partial charge < -0.3 is 9.64 Å². The number of ether oxygens (including phenoxy) is 1. The Balaban J connectivity index is 1.23. The van der Waals surface area contributed by atoms with E-state index in [0.29, 0.717) is 5.75 Å². The summed E-state index contributed by atoms with van der Waals surface area (Å²) < 4.78 is 70.7. The van der Waals surface area contributed by atoms with Crippen LogP contribution in [0.15, 0.2) is 95.9 Å². The first-order valence-electron chi connectivity index (χ1n) is 12.7. The number of nitrogens with zero attached hydrogens (tertiary/aromatic N) is 2. The van der Waals surface area contributed by atoms with Crippen LogP contribution in [-0.2, 0) is 25.8 Å². The molecule has 0 unspecified atom stereocenters. The predicted octanol–water partition coefficient (Wildman–Crippen LogP) is 4.91. The fourth-order valence-corrected chi connectivity index (χ4v) is 5.45. The number of piperazine rings is 1. The van der Waals surface area contributed by atoms with E-state index < -0.39 is 21.8 Å². The van der Waals surface area contributed by atoms with Gasteiger partial charge >= 0.3 is 6.18 Å². The summed E-state index contributed by atoms with van der Waals surface area (Å²) in [6, 6.07) is 19.6. The molecular weight excluding hydrogens is 557 g/mol. The number of hydrogen-bond acceptors (Lipinski definition) is 5. The number of hydrogen-bond donors (Lipinski definition) is 0. The molecule has 1 saturated heterocycles. The highest BCUT2D eigenvalue weighted by Gasteiger charge is 2.33. The molecular formula is C30H27F3N2O5S. The van der Waals surface area contributed by atoms with E-state index in [1.807, 2.05) is 30.3 Å². The number of halogens is 3. The molecule has 41 heavy (non-hydrogen) atoms. The van der Waals surface area contributed by atoms with E-state index >= 15 is 0 Å². The predicted molar refractivity (Wildman–Crippen MR) is 148 cm³/mol. The van der Waals surface area contributed by atoms with Crippen molar-refractivity contribution >= 4 is 33.9 Å². The minimum absolute atomic E-state index is 0.00931. The molecule has 0 atom stereocenters. The van der Waals surface area contributed by atoms with Crippen molar-refractivity contribution in [3.8, 4) is 5.75 Å². The molecule has 7 nitrogen and oxygen atoms in total. The molecule has 1 fully saturated rings. The van der Waals surface area contributed by atoms with Gasteiger partial charge in [0.15, 0.2) is 12.4 Å². The highest BCUT2D eigenvalue weighted by molar-refractivity contribution is 7.89. The Morgan fingerprint density at radius 2 is 1.34 bits per heavy atom. The Bertz CT molecular complexity index is 1510. The van der Waals surface area contributed by atoms with Gasteiger partial charge in [-0.05, 0) is 59.7 Å². The van der Waals surface area contributed by atoms with Crippen molar-refractivity contribution in [3.63, 3.8) is 0 Å². The Morgan fingerprint density at radius 3 is 1.90 bits per heavy atom. The maximum atomic E-state index is 12.8. The molecule has 1 aliphatic heterocycles. The molecule has 0 aliphatic carbocycles. The van der Waals surface area contributed by atoms with Crippen LogP contribution < -0.4 is 4.74 Å². The summed E-state index contributed by atoms with van der Waals surface area (Å²) in [5, 5.41) is 0. The lowest BCUT2D eigenvalue weighted by Gasteiger charge is -2.34. The number of benzene rings is 3. The molecule has 1 amide bonds. The lowest BCUT2D eigenvalue weighted by molar-refractivity contribution is -0.137. The molecule has 4 rings (SSSR count). The summed E-state index contributed by atoms with van der Waals surface area (Å²) in [5.41, 5.74) is 0.769. The van der Waals surface area contributed by atoms with Crippen molar-refractivity contribution in [2.75, 3.05) is 32.8 Å². The van der Waals surface area contributed by atoms with Crippen LogP contribution in [0.5, 0.6) is 5.75 Å². The third-order valence-corrected chi connectivity index (χ3v) is 8.25. The first-order valence-corrected chi connectivity index (χ1v) is 14.1. The van der Waals surface area contributed by atoms with Crippen molar-refractivity contribution in [2.45, 2.75) is 11.1 Å². The maximum absolute atomic E-state index is 12.8. The zero-order valence-corrected chi connectivity index (χ0v) is 22.6. The van der Waals surface area contributed by atoms with Crippen LogP contribution in [0.25, 0.3) is 12.2 Å². The van der Waals surface area contributed by atoms with Gasteiger partial charge in [0.2, 0.25) is 10.0 Å². The van der Waals surface area contributed by atoms with Crippen molar-refractivity contribution < 1.29 is 35.9 Å². The number of carbonyl (C=O) groups is 2. The van der Waals surface area contributed by atoms with Crippen molar-refractivity contribution in [1.82, 2.24) is 9.21 Å². The summed E-state index contributed by atoms with van der Waals surface area (Å²) in [6.45, 7) is 0.0193. The van der Waals surface area contributed by atoms with Gasteiger partial charge in [0.1, 0.15) is 5.75 Å². The monoisotopic (exact) mass is 584 g/mol. The third kappa shape index (κ3) is 8.15. The molecule has 1 heterocycles. The van der Waals surface area contributed by atoms with Gasteiger partial charge in [-0.2, -0.15) is 17.5 Å². The third-order valence-electron chi connectivity index (χ3n) is 6.33. The Hall–Kier alpha value is -4.22. The van der Waals surface area contributed by atoms with Crippen LogP contribution in [0.3, 0.4) is 0 Å². The largest absolute Gasteiger partial charge is 0.484 e.